The molecule has 5 nitrogen and oxygen atoms in total. The quantitative estimate of drug-likeness (QED) is 0.622. The second-order valence-corrected chi connectivity index (χ2v) is 5.51. The number of rotatable bonds is 9. The van der Waals surface area contributed by atoms with Crippen molar-refractivity contribution in [3.8, 4) is 0 Å². The maximum absolute atomic E-state index is 11.9. The average Bonchev–Trinajstić information content (AvgIpc) is 2.28. The van der Waals surface area contributed by atoms with Crippen LogP contribution in [-0.4, -0.2) is 47.1 Å². The zero-order valence-corrected chi connectivity index (χ0v) is 12.7. The van der Waals surface area contributed by atoms with E-state index in [2.05, 4.69) is 5.32 Å². The lowest BCUT2D eigenvalue weighted by Gasteiger charge is -2.28. The summed E-state index contributed by atoms with van der Waals surface area (Å²) in [5.74, 6) is 0.0718. The Morgan fingerprint density at radius 2 is 1.84 bits per heavy atom. The molecule has 0 bridgehead atoms. The van der Waals surface area contributed by atoms with Crippen LogP contribution in [0.4, 0.5) is 0 Å². The number of amides is 2. The molecule has 0 aromatic heterocycles. The first-order chi connectivity index (χ1) is 8.76. The van der Waals surface area contributed by atoms with Crippen molar-refractivity contribution in [1.29, 1.82) is 0 Å². The van der Waals surface area contributed by atoms with Crippen LogP contribution in [0.1, 0.15) is 53.4 Å². The van der Waals surface area contributed by atoms with Crippen molar-refractivity contribution >= 4 is 11.8 Å². The van der Waals surface area contributed by atoms with E-state index in [0.29, 0.717) is 26.1 Å². The minimum absolute atomic E-state index is 0.0154. The third-order valence-corrected chi connectivity index (χ3v) is 2.75. The first-order valence-corrected chi connectivity index (χ1v) is 7.01. The van der Waals surface area contributed by atoms with Crippen LogP contribution in [0.25, 0.3) is 0 Å². The number of aliphatic hydroxyl groups is 1. The first kappa shape index (κ1) is 17.9. The van der Waals surface area contributed by atoms with E-state index in [-0.39, 0.29) is 11.8 Å². The van der Waals surface area contributed by atoms with Gasteiger partial charge < -0.3 is 15.3 Å². The molecule has 0 unspecified atom stereocenters. The van der Waals surface area contributed by atoms with Gasteiger partial charge in [-0.1, -0.05) is 6.42 Å². The van der Waals surface area contributed by atoms with Gasteiger partial charge in [0, 0.05) is 33.0 Å². The topological polar surface area (TPSA) is 69.6 Å². The molecule has 0 radical (unpaired) electrons. The molecule has 0 heterocycles. The third-order valence-electron chi connectivity index (χ3n) is 2.75. The summed E-state index contributed by atoms with van der Waals surface area (Å²) < 4.78 is 0. The van der Waals surface area contributed by atoms with Crippen molar-refractivity contribution in [2.24, 2.45) is 0 Å². The predicted octanol–water partition coefficient (Wildman–Crippen LogP) is 1.30. The smallest absolute Gasteiger partial charge is 0.222 e. The number of carbonyl (C=O) groups is 2. The summed E-state index contributed by atoms with van der Waals surface area (Å²) >= 11 is 0. The molecule has 0 fully saturated rings. The van der Waals surface area contributed by atoms with Crippen LogP contribution in [0.15, 0.2) is 0 Å². The number of unbranched alkanes of at least 4 members (excludes halogenated alkanes) is 2. The molecule has 0 saturated carbocycles. The Morgan fingerprint density at radius 1 is 1.21 bits per heavy atom. The highest BCUT2D eigenvalue weighted by molar-refractivity contribution is 5.76. The van der Waals surface area contributed by atoms with Crippen LogP contribution < -0.4 is 5.32 Å². The molecule has 0 aliphatic carbocycles. The summed E-state index contributed by atoms with van der Waals surface area (Å²) in [5.41, 5.74) is -0.850. The van der Waals surface area contributed by atoms with Gasteiger partial charge in [0.25, 0.3) is 0 Å². The summed E-state index contributed by atoms with van der Waals surface area (Å²) in [6.07, 6.45) is 3.14. The van der Waals surface area contributed by atoms with E-state index in [1.165, 1.54) is 6.92 Å². The Hall–Kier alpha value is -1.10. The summed E-state index contributed by atoms with van der Waals surface area (Å²) in [5, 5.41) is 12.5. The summed E-state index contributed by atoms with van der Waals surface area (Å²) in [7, 11) is 0. The number of nitrogens with one attached hydrogen (secondary N) is 1. The van der Waals surface area contributed by atoms with Gasteiger partial charge in [0.2, 0.25) is 11.8 Å². The number of hydrogen-bond acceptors (Lipinski definition) is 3. The van der Waals surface area contributed by atoms with Gasteiger partial charge in [-0.2, -0.15) is 0 Å². The molecular formula is C14H28N2O3. The molecule has 0 aliphatic rings. The van der Waals surface area contributed by atoms with Crippen molar-refractivity contribution in [1.82, 2.24) is 10.2 Å². The van der Waals surface area contributed by atoms with E-state index in [1.807, 2.05) is 6.92 Å². The van der Waals surface area contributed by atoms with Crippen LogP contribution >= 0.6 is 0 Å². The van der Waals surface area contributed by atoms with E-state index in [4.69, 9.17) is 0 Å². The van der Waals surface area contributed by atoms with Gasteiger partial charge in [-0.05, 0) is 33.6 Å². The zero-order valence-electron chi connectivity index (χ0n) is 12.7. The molecule has 2 N–H and O–H groups in total. The lowest BCUT2D eigenvalue weighted by molar-refractivity contribution is -0.134. The Kier molecular flexibility index (Phi) is 8.39. The largest absolute Gasteiger partial charge is 0.389 e. The second kappa shape index (κ2) is 8.91. The molecule has 0 rings (SSSR count). The molecule has 0 aromatic carbocycles. The first-order valence-electron chi connectivity index (χ1n) is 7.01. The number of likely N-dealkylation sites (N-methyl/N-ethyl adjacent to an activating group) is 1. The minimum atomic E-state index is -0.850. The summed E-state index contributed by atoms with van der Waals surface area (Å²) in [6.45, 7) is 8.49. The van der Waals surface area contributed by atoms with Crippen LogP contribution in [0.5, 0.6) is 0 Å². The van der Waals surface area contributed by atoms with Gasteiger partial charge in [0.1, 0.15) is 0 Å². The normalized spacial score (nSPS) is 11.2. The minimum Gasteiger partial charge on any atom is -0.389 e. The highest BCUT2D eigenvalue weighted by atomic mass is 16.3. The molecule has 19 heavy (non-hydrogen) atoms. The molecule has 5 heteroatoms. The fourth-order valence-corrected chi connectivity index (χ4v) is 1.84. The fraction of sp³-hybridized carbons (Fsp3) is 0.857. The van der Waals surface area contributed by atoms with E-state index in [9.17, 15) is 14.7 Å². The van der Waals surface area contributed by atoms with Gasteiger partial charge >= 0.3 is 0 Å². The molecule has 0 aliphatic heterocycles. The summed E-state index contributed by atoms with van der Waals surface area (Å²) in [4.78, 5) is 24.3. The van der Waals surface area contributed by atoms with Crippen LogP contribution in [0, 0.1) is 0 Å². The third kappa shape index (κ3) is 10.5. The molecule has 0 aromatic rings. The Bertz CT molecular complexity index is 285. The van der Waals surface area contributed by atoms with E-state index >= 15 is 0 Å². The average molecular weight is 272 g/mol. The van der Waals surface area contributed by atoms with Crippen molar-refractivity contribution in [2.75, 3.05) is 19.6 Å². The number of carbonyl (C=O) groups excluding carboxylic acids is 2. The maximum Gasteiger partial charge on any atom is 0.222 e. The zero-order chi connectivity index (χ0) is 14.9. The lowest BCUT2D eigenvalue weighted by atomic mass is 10.1. The molecule has 112 valence electrons. The second-order valence-electron chi connectivity index (χ2n) is 5.51. The maximum atomic E-state index is 11.9. The Labute approximate surface area is 116 Å². The van der Waals surface area contributed by atoms with Crippen molar-refractivity contribution in [3.63, 3.8) is 0 Å². The highest BCUT2D eigenvalue weighted by Gasteiger charge is 2.20. The van der Waals surface area contributed by atoms with Gasteiger partial charge in [0.05, 0.1) is 5.60 Å². The van der Waals surface area contributed by atoms with Gasteiger partial charge in [-0.3, -0.25) is 9.59 Å². The van der Waals surface area contributed by atoms with Gasteiger partial charge in [-0.25, -0.2) is 0 Å². The van der Waals surface area contributed by atoms with Crippen molar-refractivity contribution < 1.29 is 14.7 Å². The van der Waals surface area contributed by atoms with Gasteiger partial charge in [0.15, 0.2) is 0 Å². The van der Waals surface area contributed by atoms with Crippen LogP contribution in [0.2, 0.25) is 0 Å². The lowest BCUT2D eigenvalue weighted by Crippen LogP contribution is -2.42. The standard InChI is InChI=1S/C14H28N2O3/c1-5-16(11-14(3,4)19)13(18)9-7-6-8-10-15-12(2)17/h19H,5-11H2,1-4H3,(H,15,17). The number of hydrogen-bond donors (Lipinski definition) is 2. The van der Waals surface area contributed by atoms with E-state index in [1.54, 1.807) is 18.7 Å². The molecular weight excluding hydrogens is 244 g/mol. The van der Waals surface area contributed by atoms with Gasteiger partial charge in [-0.15, -0.1) is 0 Å². The fourth-order valence-electron chi connectivity index (χ4n) is 1.84. The molecule has 2 amide bonds. The SMILES string of the molecule is CCN(CC(C)(C)O)C(=O)CCCCCNC(C)=O. The van der Waals surface area contributed by atoms with E-state index in [0.717, 1.165) is 19.3 Å². The van der Waals surface area contributed by atoms with Crippen LogP contribution in [0.3, 0.4) is 0 Å². The predicted molar refractivity (Wildman–Crippen MR) is 75.7 cm³/mol. The van der Waals surface area contributed by atoms with Crippen molar-refractivity contribution in [3.05, 3.63) is 0 Å². The van der Waals surface area contributed by atoms with Crippen molar-refractivity contribution in [2.45, 2.75) is 59.0 Å². The van der Waals surface area contributed by atoms with Crippen LogP contribution in [-0.2, 0) is 9.59 Å². The Morgan fingerprint density at radius 3 is 2.32 bits per heavy atom. The number of nitrogens with zero attached hydrogens (tertiary/aromatic N) is 1. The highest BCUT2D eigenvalue weighted by Crippen LogP contribution is 2.08. The molecule has 0 spiro atoms. The summed E-state index contributed by atoms with van der Waals surface area (Å²) in [6, 6.07) is 0. The molecule has 0 saturated heterocycles. The molecule has 0 atom stereocenters. The monoisotopic (exact) mass is 272 g/mol. The van der Waals surface area contributed by atoms with E-state index < -0.39 is 5.60 Å². The Balaban J connectivity index is 3.80.